The maximum Gasteiger partial charge on any atom is 0.280 e. The highest BCUT2D eigenvalue weighted by molar-refractivity contribution is 6.03. The van der Waals surface area contributed by atoms with Crippen LogP contribution in [0.15, 0.2) is 24.3 Å². The maximum atomic E-state index is 13.0. The number of nitrogens with one attached hydrogen (secondary N) is 1. The molecule has 0 aliphatic heterocycles. The third-order valence-electron chi connectivity index (χ3n) is 3.64. The fourth-order valence-corrected chi connectivity index (χ4v) is 2.48. The van der Waals surface area contributed by atoms with Crippen molar-refractivity contribution in [3.8, 4) is 0 Å². The summed E-state index contributed by atoms with van der Waals surface area (Å²) >= 11 is 0. The normalized spacial score (nSPS) is 14.1. The number of halogens is 2. The van der Waals surface area contributed by atoms with Gasteiger partial charge in [0.2, 0.25) is 0 Å². The number of carbonyl (C=O) groups is 1. The van der Waals surface area contributed by atoms with E-state index in [1.807, 2.05) is 32.0 Å². The van der Waals surface area contributed by atoms with Gasteiger partial charge in [-0.3, -0.25) is 4.79 Å². The average Bonchev–Trinajstić information content (AvgIpc) is 3.30. The van der Waals surface area contributed by atoms with E-state index in [0.29, 0.717) is 11.5 Å². The molecule has 0 radical (unpaired) electrons. The second-order valence-corrected chi connectivity index (χ2v) is 5.94. The van der Waals surface area contributed by atoms with Crippen LogP contribution in [0.25, 0.3) is 0 Å². The molecular formula is C17H17F2N3O. The SMILES string of the molecule is Cc1cc(C)cc(NC(=O)c2cc(C(F)F)nc(C3CC3)n2)c1. The number of amides is 1. The van der Waals surface area contributed by atoms with Crippen LogP contribution in [0.4, 0.5) is 14.5 Å². The molecule has 4 nitrogen and oxygen atoms in total. The van der Waals surface area contributed by atoms with Gasteiger partial charge in [-0.15, -0.1) is 0 Å². The van der Waals surface area contributed by atoms with Crippen LogP contribution >= 0.6 is 0 Å². The lowest BCUT2D eigenvalue weighted by atomic mass is 10.1. The Labute approximate surface area is 133 Å². The number of benzene rings is 1. The number of anilines is 1. The van der Waals surface area contributed by atoms with Gasteiger partial charge in [-0.1, -0.05) is 6.07 Å². The van der Waals surface area contributed by atoms with E-state index in [-0.39, 0.29) is 11.6 Å². The maximum absolute atomic E-state index is 13.0. The number of hydrogen-bond donors (Lipinski definition) is 1. The van der Waals surface area contributed by atoms with Crippen molar-refractivity contribution in [2.75, 3.05) is 5.32 Å². The van der Waals surface area contributed by atoms with E-state index in [9.17, 15) is 13.6 Å². The summed E-state index contributed by atoms with van der Waals surface area (Å²) in [6.45, 7) is 3.85. The molecule has 1 aromatic carbocycles. The Morgan fingerprint density at radius 3 is 2.35 bits per heavy atom. The molecule has 6 heteroatoms. The molecule has 1 fully saturated rings. The summed E-state index contributed by atoms with van der Waals surface area (Å²) in [7, 11) is 0. The van der Waals surface area contributed by atoms with E-state index < -0.39 is 18.0 Å². The molecule has 0 bridgehead atoms. The Balaban J connectivity index is 1.89. The highest BCUT2D eigenvalue weighted by Crippen LogP contribution is 2.38. The van der Waals surface area contributed by atoms with Crippen LogP contribution in [0.5, 0.6) is 0 Å². The highest BCUT2D eigenvalue weighted by Gasteiger charge is 2.29. The molecule has 0 saturated heterocycles. The van der Waals surface area contributed by atoms with Gasteiger partial charge in [0.05, 0.1) is 0 Å². The van der Waals surface area contributed by atoms with E-state index in [4.69, 9.17) is 0 Å². The number of hydrogen-bond acceptors (Lipinski definition) is 3. The summed E-state index contributed by atoms with van der Waals surface area (Å²) in [5.41, 5.74) is 2.23. The number of rotatable bonds is 4. The number of nitrogens with zero attached hydrogens (tertiary/aromatic N) is 2. The molecule has 3 rings (SSSR count). The molecule has 23 heavy (non-hydrogen) atoms. The second kappa shape index (κ2) is 6.02. The summed E-state index contributed by atoms with van der Waals surface area (Å²) in [4.78, 5) is 20.4. The fraction of sp³-hybridized carbons (Fsp3) is 0.353. The summed E-state index contributed by atoms with van der Waals surface area (Å²) < 4.78 is 26.0. The van der Waals surface area contributed by atoms with Crippen molar-refractivity contribution in [2.24, 2.45) is 0 Å². The minimum absolute atomic E-state index is 0.0173. The highest BCUT2D eigenvalue weighted by atomic mass is 19.3. The summed E-state index contributed by atoms with van der Waals surface area (Å²) in [6.07, 6.45) is -0.960. The van der Waals surface area contributed by atoms with Gasteiger partial charge in [0, 0.05) is 11.6 Å². The van der Waals surface area contributed by atoms with Crippen LogP contribution in [0, 0.1) is 13.8 Å². The first-order valence-electron chi connectivity index (χ1n) is 7.49. The Hall–Kier alpha value is -2.37. The number of aryl methyl sites for hydroxylation is 2. The molecular weight excluding hydrogens is 300 g/mol. The first kappa shape index (κ1) is 15.5. The van der Waals surface area contributed by atoms with Crippen molar-refractivity contribution in [3.05, 3.63) is 52.6 Å². The van der Waals surface area contributed by atoms with Crippen molar-refractivity contribution < 1.29 is 13.6 Å². The second-order valence-electron chi connectivity index (χ2n) is 5.94. The summed E-state index contributed by atoms with van der Waals surface area (Å²) in [5, 5.41) is 2.72. The Morgan fingerprint density at radius 2 is 1.78 bits per heavy atom. The molecule has 2 aromatic rings. The predicted octanol–water partition coefficient (Wildman–Crippen LogP) is 4.16. The predicted molar refractivity (Wildman–Crippen MR) is 82.8 cm³/mol. The van der Waals surface area contributed by atoms with Crippen LogP contribution < -0.4 is 5.32 Å². The quantitative estimate of drug-likeness (QED) is 0.921. The van der Waals surface area contributed by atoms with Gasteiger partial charge in [-0.25, -0.2) is 18.7 Å². The zero-order valence-electron chi connectivity index (χ0n) is 12.9. The van der Waals surface area contributed by atoms with E-state index in [1.165, 1.54) is 0 Å². The van der Waals surface area contributed by atoms with Crippen LogP contribution in [0.1, 0.15) is 58.3 Å². The molecule has 1 heterocycles. The lowest BCUT2D eigenvalue weighted by Crippen LogP contribution is -2.16. The van der Waals surface area contributed by atoms with Gasteiger partial charge in [0.15, 0.2) is 0 Å². The molecule has 1 saturated carbocycles. The minimum Gasteiger partial charge on any atom is -0.321 e. The number of aromatic nitrogens is 2. The third-order valence-corrected chi connectivity index (χ3v) is 3.64. The molecule has 1 aliphatic carbocycles. The Kier molecular flexibility index (Phi) is 4.07. The van der Waals surface area contributed by atoms with Crippen molar-refractivity contribution in [3.63, 3.8) is 0 Å². The van der Waals surface area contributed by atoms with Gasteiger partial charge < -0.3 is 5.32 Å². The monoisotopic (exact) mass is 317 g/mol. The zero-order chi connectivity index (χ0) is 16.6. The average molecular weight is 317 g/mol. The summed E-state index contributed by atoms with van der Waals surface area (Å²) in [5.74, 6) is -0.0592. The van der Waals surface area contributed by atoms with Crippen LogP contribution in [0.3, 0.4) is 0 Å². The van der Waals surface area contributed by atoms with Crippen molar-refractivity contribution in [1.82, 2.24) is 9.97 Å². The van der Waals surface area contributed by atoms with E-state index >= 15 is 0 Å². The van der Waals surface area contributed by atoms with E-state index in [0.717, 1.165) is 30.0 Å². The van der Waals surface area contributed by atoms with Gasteiger partial charge in [-0.2, -0.15) is 0 Å². The van der Waals surface area contributed by atoms with Gasteiger partial charge in [0.1, 0.15) is 17.2 Å². The number of carbonyl (C=O) groups excluding carboxylic acids is 1. The largest absolute Gasteiger partial charge is 0.321 e. The first-order valence-corrected chi connectivity index (χ1v) is 7.49. The lowest BCUT2D eigenvalue weighted by Gasteiger charge is -2.09. The molecule has 1 aliphatic rings. The number of alkyl halides is 2. The van der Waals surface area contributed by atoms with Gasteiger partial charge in [-0.05, 0) is 56.0 Å². The molecule has 1 aromatic heterocycles. The molecule has 1 amide bonds. The molecule has 0 spiro atoms. The topological polar surface area (TPSA) is 54.9 Å². The zero-order valence-corrected chi connectivity index (χ0v) is 12.9. The molecule has 0 atom stereocenters. The van der Waals surface area contributed by atoms with E-state index in [2.05, 4.69) is 15.3 Å². The van der Waals surface area contributed by atoms with Crippen molar-refractivity contribution >= 4 is 11.6 Å². The summed E-state index contributed by atoms with van der Waals surface area (Å²) in [6, 6.07) is 6.69. The van der Waals surface area contributed by atoms with Gasteiger partial charge >= 0.3 is 0 Å². The van der Waals surface area contributed by atoms with Crippen LogP contribution in [0.2, 0.25) is 0 Å². The minimum atomic E-state index is -2.72. The Morgan fingerprint density at radius 1 is 1.13 bits per heavy atom. The molecule has 120 valence electrons. The van der Waals surface area contributed by atoms with Crippen molar-refractivity contribution in [1.29, 1.82) is 0 Å². The standard InChI is InChI=1S/C17H17F2N3O/c1-9-5-10(2)7-12(6-9)20-17(23)14-8-13(15(18)19)21-16(22-14)11-3-4-11/h5-8,11,15H,3-4H2,1-2H3,(H,20,23). The van der Waals surface area contributed by atoms with Crippen molar-refractivity contribution in [2.45, 2.75) is 39.0 Å². The molecule has 1 N–H and O–H groups in total. The smallest absolute Gasteiger partial charge is 0.280 e. The fourth-order valence-electron chi connectivity index (χ4n) is 2.48. The Bertz CT molecular complexity index is 717. The van der Waals surface area contributed by atoms with Crippen LogP contribution in [-0.4, -0.2) is 15.9 Å². The first-order chi connectivity index (χ1) is 10.9. The third kappa shape index (κ3) is 3.70. The molecule has 0 unspecified atom stereocenters. The lowest BCUT2D eigenvalue weighted by molar-refractivity contribution is 0.102. The van der Waals surface area contributed by atoms with E-state index in [1.54, 1.807) is 0 Å². The van der Waals surface area contributed by atoms with Gasteiger partial charge in [0.25, 0.3) is 12.3 Å². The van der Waals surface area contributed by atoms with Crippen LogP contribution in [-0.2, 0) is 0 Å².